The van der Waals surface area contributed by atoms with E-state index in [-0.39, 0.29) is 62.0 Å². The van der Waals surface area contributed by atoms with E-state index in [1.54, 1.807) is 13.0 Å². The summed E-state index contributed by atoms with van der Waals surface area (Å²) in [4.78, 5) is 46.5. The highest BCUT2D eigenvalue weighted by molar-refractivity contribution is 5.87. The second kappa shape index (κ2) is 19.9. The number of hydrogen-bond donors (Lipinski definition) is 4. The van der Waals surface area contributed by atoms with Crippen molar-refractivity contribution in [3.63, 3.8) is 0 Å². The van der Waals surface area contributed by atoms with Crippen molar-refractivity contribution in [3.8, 4) is 0 Å². The molecule has 0 aliphatic carbocycles. The number of ether oxygens (including phenoxy) is 6. The predicted octanol–water partition coefficient (Wildman–Crippen LogP) is 1.99. The van der Waals surface area contributed by atoms with E-state index in [0.29, 0.717) is 39.2 Å². The molecule has 0 radical (unpaired) electrons. The number of hydrogen-bond acceptors (Lipinski definition) is 11. The number of nitrogens with one attached hydrogen (secondary N) is 2. The summed E-state index contributed by atoms with van der Waals surface area (Å²) >= 11 is 0. The van der Waals surface area contributed by atoms with Crippen molar-refractivity contribution in [1.82, 2.24) is 10.6 Å². The quantitative estimate of drug-likeness (QED) is 0.0506. The third-order valence-corrected chi connectivity index (χ3v) is 8.74. The lowest BCUT2D eigenvalue weighted by Crippen LogP contribution is -2.51. The van der Waals surface area contributed by atoms with Gasteiger partial charge in [-0.1, -0.05) is 30.7 Å². The van der Waals surface area contributed by atoms with Crippen molar-refractivity contribution in [2.75, 3.05) is 39.6 Å². The Balaban J connectivity index is 1.41. The van der Waals surface area contributed by atoms with Gasteiger partial charge in [0.25, 0.3) is 0 Å². The fourth-order valence-electron chi connectivity index (χ4n) is 5.91. The van der Waals surface area contributed by atoms with Crippen LogP contribution < -0.4 is 10.6 Å². The first kappa shape index (κ1) is 40.3. The number of amides is 2. The van der Waals surface area contributed by atoms with Crippen molar-refractivity contribution in [2.24, 2.45) is 5.92 Å². The number of carbonyl (C=O) groups excluding carboxylic acids is 3. The highest BCUT2D eigenvalue weighted by Crippen LogP contribution is 2.43. The number of epoxide rings is 1. The molecule has 0 aromatic rings. The maximum atomic E-state index is 12.6. The number of esters is 1. The minimum Gasteiger partial charge on any atom is -0.481 e. The summed E-state index contributed by atoms with van der Waals surface area (Å²) in [7, 11) is 0. The Morgan fingerprint density at radius 2 is 1.76 bits per heavy atom. The average Bonchev–Trinajstić information content (AvgIpc) is 3.80. The van der Waals surface area contributed by atoms with Gasteiger partial charge in [-0.3, -0.25) is 19.2 Å². The fraction of sp³-hybridized carbons (Fsp3) is 0.714. The largest absolute Gasteiger partial charge is 0.481 e. The molecule has 0 aromatic carbocycles. The number of aliphatic carboxylic acids is 1. The number of carboxylic acids is 1. The summed E-state index contributed by atoms with van der Waals surface area (Å²) < 4.78 is 33.6. The van der Waals surface area contributed by atoms with Crippen LogP contribution in [0.3, 0.4) is 0 Å². The van der Waals surface area contributed by atoms with Crippen LogP contribution >= 0.6 is 0 Å². The molecule has 4 N–H and O–H groups in total. The van der Waals surface area contributed by atoms with Crippen LogP contribution in [0.2, 0.25) is 0 Å². The number of aliphatic hydroxyl groups is 1. The van der Waals surface area contributed by atoms with E-state index in [9.17, 15) is 24.3 Å². The van der Waals surface area contributed by atoms with Gasteiger partial charge >= 0.3 is 11.9 Å². The molecule has 0 aromatic heterocycles. The summed E-state index contributed by atoms with van der Waals surface area (Å²) in [5, 5.41) is 25.3. The van der Waals surface area contributed by atoms with Crippen molar-refractivity contribution in [3.05, 3.63) is 36.0 Å². The summed E-state index contributed by atoms with van der Waals surface area (Å²) in [6.07, 6.45) is 8.00. The molecule has 2 amide bonds. The van der Waals surface area contributed by atoms with Crippen LogP contribution in [0.4, 0.5) is 0 Å². The zero-order chi connectivity index (χ0) is 36.0. The smallest absolute Gasteiger partial charge is 0.305 e. The molecule has 276 valence electrons. The van der Waals surface area contributed by atoms with Crippen molar-refractivity contribution < 1.29 is 57.8 Å². The van der Waals surface area contributed by atoms with Gasteiger partial charge in [0, 0.05) is 26.0 Å². The molecule has 0 bridgehead atoms. The number of rotatable bonds is 19. The molecular formula is C35H54N2O12. The van der Waals surface area contributed by atoms with Gasteiger partial charge < -0.3 is 49.3 Å². The lowest BCUT2D eigenvalue weighted by atomic mass is 9.87. The topological polar surface area (TPSA) is 191 Å². The molecule has 1 unspecified atom stereocenters. The molecule has 3 aliphatic rings. The highest BCUT2D eigenvalue weighted by Gasteiger charge is 2.58. The molecule has 3 fully saturated rings. The Morgan fingerprint density at radius 1 is 1.04 bits per heavy atom. The van der Waals surface area contributed by atoms with Crippen LogP contribution in [-0.2, 0) is 47.6 Å². The van der Waals surface area contributed by atoms with Crippen molar-refractivity contribution in [1.29, 1.82) is 0 Å². The van der Waals surface area contributed by atoms with E-state index in [2.05, 4.69) is 23.6 Å². The van der Waals surface area contributed by atoms with Crippen LogP contribution in [0.15, 0.2) is 36.0 Å². The van der Waals surface area contributed by atoms with Crippen LogP contribution in [0.5, 0.6) is 0 Å². The second-order valence-corrected chi connectivity index (χ2v) is 13.1. The molecule has 1 spiro atoms. The van der Waals surface area contributed by atoms with Crippen LogP contribution in [-0.4, -0.2) is 122 Å². The molecule has 0 saturated carbocycles. The maximum absolute atomic E-state index is 12.6. The van der Waals surface area contributed by atoms with E-state index in [0.717, 1.165) is 12.0 Å². The van der Waals surface area contributed by atoms with E-state index in [4.69, 9.17) is 33.5 Å². The molecule has 3 saturated heterocycles. The molecule has 3 rings (SSSR count). The zero-order valence-corrected chi connectivity index (χ0v) is 29.3. The minimum atomic E-state index is -0.916. The lowest BCUT2D eigenvalue weighted by molar-refractivity contribution is -0.145. The minimum absolute atomic E-state index is 0.0314. The third-order valence-electron chi connectivity index (χ3n) is 8.74. The Morgan fingerprint density at radius 3 is 2.43 bits per heavy atom. The van der Waals surface area contributed by atoms with Crippen LogP contribution in [0.25, 0.3) is 0 Å². The normalized spacial score (nSPS) is 30.7. The Hall–Kier alpha value is -3.14. The molecule has 3 aliphatic heterocycles. The first-order valence-corrected chi connectivity index (χ1v) is 17.1. The van der Waals surface area contributed by atoms with Crippen molar-refractivity contribution in [2.45, 2.75) is 115 Å². The number of allylic oxidation sites excluding steroid dienone is 2. The molecular weight excluding hydrogens is 640 g/mol. The average molecular weight is 695 g/mol. The lowest BCUT2D eigenvalue weighted by Gasteiger charge is -2.39. The summed E-state index contributed by atoms with van der Waals surface area (Å²) in [5.41, 5.74) is 0.267. The fourth-order valence-corrected chi connectivity index (χ4v) is 5.91. The predicted molar refractivity (Wildman–Crippen MR) is 177 cm³/mol. The van der Waals surface area contributed by atoms with Gasteiger partial charge in [-0.05, 0) is 45.6 Å². The van der Waals surface area contributed by atoms with Gasteiger partial charge in [-0.25, -0.2) is 0 Å². The van der Waals surface area contributed by atoms with Crippen molar-refractivity contribution >= 4 is 23.8 Å². The summed E-state index contributed by atoms with van der Waals surface area (Å²) in [6.45, 7) is 10.7. The zero-order valence-electron chi connectivity index (χ0n) is 29.3. The molecule has 49 heavy (non-hydrogen) atoms. The van der Waals surface area contributed by atoms with Gasteiger partial charge in [0.1, 0.15) is 23.9 Å². The molecule has 9 atom stereocenters. The molecule has 3 heterocycles. The Labute approximate surface area is 288 Å². The Kier molecular flexibility index (Phi) is 16.4. The van der Waals surface area contributed by atoms with E-state index < -0.39 is 42.0 Å². The molecule has 14 heteroatoms. The number of carboxylic acid groups (broad SMARTS) is 1. The maximum Gasteiger partial charge on any atom is 0.305 e. The van der Waals surface area contributed by atoms with Crippen LogP contribution in [0, 0.1) is 5.92 Å². The SMILES string of the molecule is CC(=O)O[C@@H](C)/C=C\C(=O)N[C@@H]1C[C@H](C)[C@H](C/C=C(C)/C=C/[C@H]2O[C@H](CC(=O)NCCOCCOCCC(=O)O)CC3(CO3)[C@@H]2O)O[C@@H]1C. The van der Waals surface area contributed by atoms with E-state index >= 15 is 0 Å². The summed E-state index contributed by atoms with van der Waals surface area (Å²) in [5.74, 6) is -1.59. The Bertz CT molecular complexity index is 1200. The van der Waals surface area contributed by atoms with Gasteiger partial charge in [0.05, 0.1) is 70.2 Å². The van der Waals surface area contributed by atoms with Gasteiger partial charge in [0.15, 0.2) is 0 Å². The van der Waals surface area contributed by atoms with E-state index in [1.807, 2.05) is 26.0 Å². The standard InChI is InChI=1S/C35H54N2O12/c1-22(6-9-29-23(2)18-28(25(4)48-29)37-31(39)11-8-24(3)47-26(5)38)7-10-30-34(43)35(21-46-35)20-27(49-30)19-32(40)36-13-15-45-17-16-44-14-12-33(41)42/h6-8,10-11,23-25,27-30,34,43H,9,12-21H2,1-5H3,(H,36,40)(H,37,39)(H,41,42)/b10-7+,11-8-,22-6+/t23-,24-,25+,27+,28+,29-,30+,34+,35?/m0/s1. The first-order chi connectivity index (χ1) is 23.3. The molecule has 14 nitrogen and oxygen atoms in total. The third kappa shape index (κ3) is 14.3. The summed E-state index contributed by atoms with van der Waals surface area (Å²) in [6, 6.07) is -0.147. The van der Waals surface area contributed by atoms with Gasteiger partial charge in [-0.15, -0.1) is 0 Å². The monoisotopic (exact) mass is 694 g/mol. The van der Waals surface area contributed by atoms with Crippen LogP contribution in [0.1, 0.15) is 66.7 Å². The highest BCUT2D eigenvalue weighted by atomic mass is 16.6. The van der Waals surface area contributed by atoms with Gasteiger partial charge in [-0.2, -0.15) is 0 Å². The van der Waals surface area contributed by atoms with E-state index in [1.165, 1.54) is 13.0 Å². The first-order valence-electron chi connectivity index (χ1n) is 17.1. The number of carbonyl (C=O) groups is 4. The van der Waals surface area contributed by atoms with Gasteiger partial charge in [0.2, 0.25) is 11.8 Å². The second-order valence-electron chi connectivity index (χ2n) is 13.1. The number of aliphatic hydroxyl groups excluding tert-OH is 1.